The number of benzene rings is 5. The van der Waals surface area contributed by atoms with E-state index in [4.69, 9.17) is 0 Å². The van der Waals surface area contributed by atoms with Gasteiger partial charge in [0.1, 0.15) is 0 Å². The van der Waals surface area contributed by atoms with Gasteiger partial charge in [-0.1, -0.05) is 106 Å². The highest BCUT2D eigenvalue weighted by Crippen LogP contribution is 2.59. The summed E-state index contributed by atoms with van der Waals surface area (Å²) < 4.78 is 28.9. The van der Waals surface area contributed by atoms with E-state index in [-0.39, 0.29) is 0 Å². The third-order valence-corrected chi connectivity index (χ3v) is 10.00. The first-order valence-electron chi connectivity index (χ1n) is 11.9. The van der Waals surface area contributed by atoms with Crippen molar-refractivity contribution in [3.05, 3.63) is 141 Å². The van der Waals surface area contributed by atoms with Gasteiger partial charge in [0, 0.05) is 4.47 Å². The van der Waals surface area contributed by atoms with Crippen molar-refractivity contribution >= 4 is 25.8 Å². The van der Waals surface area contributed by atoms with Gasteiger partial charge in [-0.2, -0.15) is 0 Å². The molecule has 0 aromatic heterocycles. The number of hydrogen-bond donors (Lipinski definition) is 0. The van der Waals surface area contributed by atoms with Gasteiger partial charge in [-0.05, 0) is 75.7 Å². The maximum Gasteiger partial charge on any atom is 0.207 e. The van der Waals surface area contributed by atoms with Crippen LogP contribution < -0.4 is 0 Å². The van der Waals surface area contributed by atoms with Crippen LogP contribution in [0.2, 0.25) is 0 Å². The molecule has 2 nitrogen and oxygen atoms in total. The van der Waals surface area contributed by atoms with E-state index in [0.29, 0.717) is 9.79 Å². The normalized spacial score (nSPS) is 15.6. The topological polar surface area (TPSA) is 34.1 Å². The first-order chi connectivity index (χ1) is 17.4. The molecule has 1 aliphatic heterocycles. The van der Waals surface area contributed by atoms with Crippen LogP contribution in [0.5, 0.6) is 0 Å². The molecule has 0 bridgehead atoms. The van der Waals surface area contributed by atoms with E-state index in [0.717, 1.165) is 54.5 Å². The molecule has 0 saturated heterocycles. The average molecular weight is 549 g/mol. The summed E-state index contributed by atoms with van der Waals surface area (Å²) in [7, 11) is -3.69. The molecule has 1 heterocycles. The summed E-state index contributed by atoms with van der Waals surface area (Å²) in [5.74, 6) is 0. The Morgan fingerprint density at radius 3 is 1.67 bits per heavy atom. The number of sulfone groups is 1. The van der Waals surface area contributed by atoms with Crippen LogP contribution in [-0.4, -0.2) is 8.42 Å². The maximum absolute atomic E-state index is 14.0. The Kier molecular flexibility index (Phi) is 4.55. The third kappa shape index (κ3) is 2.69. The van der Waals surface area contributed by atoms with E-state index in [2.05, 4.69) is 83.5 Å². The summed E-state index contributed by atoms with van der Waals surface area (Å²) in [6.07, 6.45) is 0. The smallest absolute Gasteiger partial charge is 0.207 e. The van der Waals surface area contributed by atoms with E-state index in [1.807, 2.05) is 36.4 Å². The maximum atomic E-state index is 14.0. The Balaban J connectivity index is 1.83. The SMILES string of the molecule is Cc1ccc2c(c1)C1(c3cc(Br)ccc3-c3ccccc3-2)c2ccccc2S(=O)(=O)c2ccccc21. The molecule has 1 aliphatic carbocycles. The lowest BCUT2D eigenvalue weighted by Gasteiger charge is -2.42. The molecule has 36 heavy (non-hydrogen) atoms. The second-order valence-electron chi connectivity index (χ2n) is 9.53. The zero-order chi connectivity index (χ0) is 24.7. The Morgan fingerprint density at radius 1 is 0.556 bits per heavy atom. The molecule has 0 amide bonds. The molecule has 1 spiro atoms. The Morgan fingerprint density at radius 2 is 1.06 bits per heavy atom. The second-order valence-corrected chi connectivity index (χ2v) is 12.3. The van der Waals surface area contributed by atoms with Crippen molar-refractivity contribution in [1.82, 2.24) is 0 Å². The van der Waals surface area contributed by atoms with E-state index in [9.17, 15) is 8.42 Å². The van der Waals surface area contributed by atoms with Crippen LogP contribution in [0, 0.1) is 6.92 Å². The van der Waals surface area contributed by atoms with Crippen LogP contribution in [0.1, 0.15) is 27.8 Å². The summed E-state index contributed by atoms with van der Waals surface area (Å²) in [6, 6.07) is 36.5. The molecule has 7 rings (SSSR count). The van der Waals surface area contributed by atoms with Gasteiger partial charge < -0.3 is 0 Å². The van der Waals surface area contributed by atoms with Gasteiger partial charge in [0.15, 0.2) is 0 Å². The zero-order valence-corrected chi connectivity index (χ0v) is 21.9. The molecule has 5 aromatic rings. The molecular weight excluding hydrogens is 528 g/mol. The minimum atomic E-state index is -3.69. The van der Waals surface area contributed by atoms with Gasteiger partial charge in [0.25, 0.3) is 0 Å². The summed E-state index contributed by atoms with van der Waals surface area (Å²) in [5.41, 5.74) is 8.58. The highest BCUT2D eigenvalue weighted by atomic mass is 79.9. The molecule has 4 heteroatoms. The molecule has 0 unspecified atom stereocenters. The van der Waals surface area contributed by atoms with Crippen molar-refractivity contribution < 1.29 is 8.42 Å². The first-order valence-corrected chi connectivity index (χ1v) is 14.2. The minimum absolute atomic E-state index is 0.369. The minimum Gasteiger partial charge on any atom is -0.218 e. The third-order valence-electron chi connectivity index (χ3n) is 7.63. The summed E-state index contributed by atoms with van der Waals surface area (Å²) in [6.45, 7) is 2.10. The van der Waals surface area contributed by atoms with Crippen LogP contribution in [0.4, 0.5) is 0 Å². The molecule has 2 aliphatic rings. The standard InChI is InChI=1S/C32H21BrO2S/c1-20-14-16-24-22-8-2-3-9-23(22)25-17-15-21(33)19-29(25)32(28(24)18-20)26-10-4-6-12-30(26)36(34,35)31-13-7-5-11-27(31)32/h2-19H,1H3. The highest BCUT2D eigenvalue weighted by Gasteiger charge is 2.51. The molecule has 174 valence electrons. The number of rotatable bonds is 0. The summed E-state index contributed by atoms with van der Waals surface area (Å²) >= 11 is 3.74. The van der Waals surface area contributed by atoms with Gasteiger partial charge in [0.05, 0.1) is 15.2 Å². The molecule has 0 fully saturated rings. The predicted molar refractivity (Wildman–Crippen MR) is 147 cm³/mol. The average Bonchev–Trinajstić information content (AvgIpc) is 2.99. The van der Waals surface area contributed by atoms with Crippen molar-refractivity contribution in [3.63, 3.8) is 0 Å². The van der Waals surface area contributed by atoms with Gasteiger partial charge in [0.2, 0.25) is 9.84 Å². The predicted octanol–water partition coefficient (Wildman–Crippen LogP) is 7.93. The van der Waals surface area contributed by atoms with E-state index >= 15 is 0 Å². The number of hydrogen-bond acceptors (Lipinski definition) is 2. The van der Waals surface area contributed by atoms with Crippen molar-refractivity contribution in [3.8, 4) is 22.3 Å². The Labute approximate surface area is 219 Å². The van der Waals surface area contributed by atoms with Crippen LogP contribution in [-0.2, 0) is 15.3 Å². The van der Waals surface area contributed by atoms with Gasteiger partial charge >= 0.3 is 0 Å². The molecule has 0 N–H and O–H groups in total. The Bertz CT molecular complexity index is 1710. The number of aryl methyl sites for hydroxylation is 1. The van der Waals surface area contributed by atoms with Gasteiger partial charge in [-0.25, -0.2) is 8.42 Å². The fourth-order valence-electron chi connectivity index (χ4n) is 6.23. The van der Waals surface area contributed by atoms with Crippen molar-refractivity contribution in [2.75, 3.05) is 0 Å². The number of halogens is 1. The lowest BCUT2D eigenvalue weighted by Crippen LogP contribution is -2.38. The zero-order valence-electron chi connectivity index (χ0n) is 19.5. The summed E-state index contributed by atoms with van der Waals surface area (Å²) in [5, 5.41) is 0. The largest absolute Gasteiger partial charge is 0.218 e. The fraction of sp³-hybridized carbons (Fsp3) is 0.0625. The molecule has 0 radical (unpaired) electrons. The van der Waals surface area contributed by atoms with Crippen LogP contribution >= 0.6 is 15.9 Å². The first kappa shape index (κ1) is 21.8. The van der Waals surface area contributed by atoms with Crippen molar-refractivity contribution in [2.45, 2.75) is 22.1 Å². The van der Waals surface area contributed by atoms with Crippen LogP contribution in [0.25, 0.3) is 22.3 Å². The van der Waals surface area contributed by atoms with Gasteiger partial charge in [-0.15, -0.1) is 0 Å². The van der Waals surface area contributed by atoms with Crippen molar-refractivity contribution in [1.29, 1.82) is 0 Å². The number of fused-ring (bicyclic) bond motifs is 11. The fourth-order valence-corrected chi connectivity index (χ4v) is 8.36. The molecule has 0 atom stereocenters. The van der Waals surface area contributed by atoms with Crippen LogP contribution in [0.15, 0.2) is 123 Å². The molecule has 0 saturated carbocycles. The van der Waals surface area contributed by atoms with E-state index < -0.39 is 15.3 Å². The quantitative estimate of drug-likeness (QED) is 0.193. The highest BCUT2D eigenvalue weighted by molar-refractivity contribution is 9.10. The van der Waals surface area contributed by atoms with E-state index in [1.165, 1.54) is 0 Å². The molecular formula is C32H21BrO2S. The van der Waals surface area contributed by atoms with E-state index in [1.54, 1.807) is 12.1 Å². The van der Waals surface area contributed by atoms with Crippen molar-refractivity contribution in [2.24, 2.45) is 0 Å². The monoisotopic (exact) mass is 548 g/mol. The Hall–Kier alpha value is -3.47. The second kappa shape index (κ2) is 7.52. The summed E-state index contributed by atoms with van der Waals surface area (Å²) in [4.78, 5) is 0.737. The lowest BCUT2D eigenvalue weighted by molar-refractivity contribution is 0.579. The van der Waals surface area contributed by atoms with Crippen LogP contribution in [0.3, 0.4) is 0 Å². The molecule has 5 aromatic carbocycles. The van der Waals surface area contributed by atoms with Gasteiger partial charge in [-0.3, -0.25) is 0 Å². The lowest BCUT2D eigenvalue weighted by atomic mass is 9.63.